The number of ketones is 1. The highest BCUT2D eigenvalue weighted by Crippen LogP contribution is 2.54. The van der Waals surface area contributed by atoms with E-state index in [1.807, 2.05) is 0 Å². The van der Waals surface area contributed by atoms with Gasteiger partial charge in [-0.1, -0.05) is 45.9 Å². The van der Waals surface area contributed by atoms with E-state index in [0.29, 0.717) is 18.8 Å². The zero-order chi connectivity index (χ0) is 40.5. The van der Waals surface area contributed by atoms with Gasteiger partial charge >= 0.3 is 11.8 Å². The molecule has 5 N–H and O–H groups in total. The SMILES string of the molecule is CO[C@H]1/C=C/O[C@@]2(C)Oc3c(C)c(O)c4c(O)c(cc(N5CCCCC5)c4c3C2=O)NC(=O)/C(C)=C/C=C/[C@H](C)[C@H](O)[C@@H](C)[C@@H](O)[C@@H](C)[C@H](OC(C)=O)[C@@H]1C. The van der Waals surface area contributed by atoms with Gasteiger partial charge in [0.1, 0.15) is 17.6 Å². The lowest BCUT2D eigenvalue weighted by Crippen LogP contribution is -2.46. The number of Topliss-reactive ketones (excluding diaryl/α,β-unsaturated/α-hetero) is 1. The summed E-state index contributed by atoms with van der Waals surface area (Å²) >= 11 is 0. The Morgan fingerprint density at radius 3 is 2.25 bits per heavy atom. The molecule has 6 rings (SSSR count). The third-order valence-corrected chi connectivity index (χ3v) is 11.5. The highest BCUT2D eigenvalue weighted by molar-refractivity contribution is 6.23. The molecule has 13 nitrogen and oxygen atoms in total. The van der Waals surface area contributed by atoms with Crippen LogP contribution in [0, 0.1) is 30.6 Å². The molecule has 0 unspecified atom stereocenters. The number of nitrogens with zero attached hydrogens (tertiary/aromatic N) is 1. The Morgan fingerprint density at radius 2 is 1.62 bits per heavy atom. The topological polar surface area (TPSA) is 184 Å². The number of piperidine rings is 1. The molecule has 9 atom stereocenters. The van der Waals surface area contributed by atoms with Crippen molar-refractivity contribution in [2.24, 2.45) is 23.7 Å². The van der Waals surface area contributed by atoms with Crippen LogP contribution in [0.3, 0.4) is 0 Å². The van der Waals surface area contributed by atoms with Crippen molar-refractivity contribution >= 4 is 39.8 Å². The van der Waals surface area contributed by atoms with Gasteiger partial charge in [-0.3, -0.25) is 14.4 Å². The molecule has 4 aliphatic rings. The van der Waals surface area contributed by atoms with Gasteiger partial charge in [-0.2, -0.15) is 0 Å². The number of aliphatic hydroxyl groups is 2. The van der Waals surface area contributed by atoms with Crippen molar-refractivity contribution in [1.82, 2.24) is 0 Å². The van der Waals surface area contributed by atoms with E-state index < -0.39 is 77.3 Å². The third kappa shape index (κ3) is 8.06. The minimum atomic E-state index is -1.89. The van der Waals surface area contributed by atoms with Crippen LogP contribution in [0.1, 0.15) is 83.7 Å². The molecule has 5 bridgehead atoms. The lowest BCUT2D eigenvalue weighted by Gasteiger charge is -2.38. The molecule has 55 heavy (non-hydrogen) atoms. The number of carbonyl (C=O) groups excluding carboxylic acids is 3. The maximum Gasteiger partial charge on any atom is 0.312 e. The molecule has 4 aliphatic heterocycles. The lowest BCUT2D eigenvalue weighted by atomic mass is 9.78. The summed E-state index contributed by atoms with van der Waals surface area (Å²) < 4.78 is 23.8. The van der Waals surface area contributed by atoms with Crippen LogP contribution < -0.4 is 15.0 Å². The molecule has 1 amide bonds. The number of nitrogens with one attached hydrogen (secondary N) is 1. The second-order valence-corrected chi connectivity index (χ2v) is 15.5. The molecular formula is C42H56N2O11. The number of benzene rings is 2. The van der Waals surface area contributed by atoms with Crippen LogP contribution in [-0.2, 0) is 23.8 Å². The van der Waals surface area contributed by atoms with Gasteiger partial charge in [-0.25, -0.2) is 0 Å². The third-order valence-electron chi connectivity index (χ3n) is 11.5. The number of esters is 1. The predicted molar refractivity (Wildman–Crippen MR) is 208 cm³/mol. The van der Waals surface area contributed by atoms with E-state index in [1.54, 1.807) is 71.9 Å². The molecule has 0 radical (unpaired) electrons. The maximum absolute atomic E-state index is 14.5. The van der Waals surface area contributed by atoms with Crippen molar-refractivity contribution in [2.75, 3.05) is 30.4 Å². The first kappa shape index (κ1) is 41.6. The molecule has 1 fully saturated rings. The number of hydrogen-bond donors (Lipinski definition) is 5. The summed E-state index contributed by atoms with van der Waals surface area (Å²) in [6, 6.07) is 1.62. The smallest absolute Gasteiger partial charge is 0.312 e. The van der Waals surface area contributed by atoms with Crippen molar-refractivity contribution in [1.29, 1.82) is 0 Å². The van der Waals surface area contributed by atoms with Gasteiger partial charge in [0.25, 0.3) is 11.7 Å². The van der Waals surface area contributed by atoms with Gasteiger partial charge in [0, 0.05) is 79.9 Å². The zero-order valence-electron chi connectivity index (χ0n) is 33.2. The average Bonchev–Trinajstić information content (AvgIpc) is 3.42. The van der Waals surface area contributed by atoms with Crippen molar-refractivity contribution in [2.45, 2.75) is 105 Å². The van der Waals surface area contributed by atoms with E-state index in [9.17, 15) is 34.8 Å². The Labute approximate surface area is 322 Å². The molecule has 4 heterocycles. The Kier molecular flexibility index (Phi) is 12.6. The molecule has 300 valence electrons. The van der Waals surface area contributed by atoms with Crippen LogP contribution in [0.4, 0.5) is 11.4 Å². The van der Waals surface area contributed by atoms with Crippen molar-refractivity contribution < 1.29 is 53.8 Å². The van der Waals surface area contributed by atoms with Gasteiger partial charge in [-0.05, 0) is 45.3 Å². The molecule has 0 aromatic heterocycles. The quantitative estimate of drug-likeness (QED) is 0.181. The number of aliphatic hydroxyl groups excluding tert-OH is 2. The number of phenols is 2. The van der Waals surface area contributed by atoms with Crippen molar-refractivity contribution in [3.8, 4) is 17.2 Å². The molecule has 0 saturated carbocycles. The number of methoxy groups -OCH3 is 1. The molecule has 1 saturated heterocycles. The molecule has 0 aliphatic carbocycles. The van der Waals surface area contributed by atoms with E-state index >= 15 is 0 Å². The Bertz CT molecular complexity index is 1900. The van der Waals surface area contributed by atoms with Gasteiger partial charge < -0.3 is 49.6 Å². The molecule has 13 heteroatoms. The number of phenolic OH excluding ortho intramolecular Hbond substituents is 2. The first-order valence-electron chi connectivity index (χ1n) is 19.0. The second-order valence-electron chi connectivity index (χ2n) is 15.5. The Hall–Kier alpha value is -4.59. The summed E-state index contributed by atoms with van der Waals surface area (Å²) in [5, 5.41) is 49.2. The molecular weight excluding hydrogens is 708 g/mol. The predicted octanol–water partition coefficient (Wildman–Crippen LogP) is 6.04. The minimum Gasteiger partial charge on any atom is -0.507 e. The fourth-order valence-electron chi connectivity index (χ4n) is 8.03. The van der Waals surface area contributed by atoms with Gasteiger partial charge in [0.05, 0.1) is 41.2 Å². The molecule has 0 spiro atoms. The van der Waals surface area contributed by atoms with Crippen molar-refractivity contribution in [3.05, 3.63) is 53.3 Å². The summed E-state index contributed by atoms with van der Waals surface area (Å²) in [4.78, 5) is 42.4. The van der Waals surface area contributed by atoms with Crippen LogP contribution in [0.15, 0.2) is 42.2 Å². The summed E-state index contributed by atoms with van der Waals surface area (Å²) in [6.45, 7) is 14.3. The van der Waals surface area contributed by atoms with E-state index in [0.717, 1.165) is 19.3 Å². The Balaban J connectivity index is 1.69. The number of fused-ring (bicyclic) bond motifs is 14. The fourth-order valence-corrected chi connectivity index (χ4v) is 8.03. The van der Waals surface area contributed by atoms with Crippen LogP contribution >= 0.6 is 0 Å². The van der Waals surface area contributed by atoms with Gasteiger partial charge in [0.15, 0.2) is 5.75 Å². The van der Waals surface area contributed by atoms with Crippen LogP contribution in [0.5, 0.6) is 17.2 Å². The summed E-state index contributed by atoms with van der Waals surface area (Å²) in [6.07, 6.45) is 6.89. The summed E-state index contributed by atoms with van der Waals surface area (Å²) in [5.41, 5.74) is 1.22. The number of rotatable bonds is 3. The van der Waals surface area contributed by atoms with E-state index in [1.165, 1.54) is 27.2 Å². The average molecular weight is 765 g/mol. The maximum atomic E-state index is 14.5. The molecule has 2 aromatic rings. The number of ether oxygens (including phenoxy) is 4. The van der Waals surface area contributed by atoms with E-state index in [4.69, 9.17) is 18.9 Å². The Morgan fingerprint density at radius 1 is 0.945 bits per heavy atom. The highest BCUT2D eigenvalue weighted by atomic mass is 16.7. The van der Waals surface area contributed by atoms with Gasteiger partial charge in [0.2, 0.25) is 0 Å². The summed E-state index contributed by atoms with van der Waals surface area (Å²) in [7, 11) is 1.47. The minimum absolute atomic E-state index is 0.000347. The number of carbonyl (C=O) groups is 3. The highest BCUT2D eigenvalue weighted by Gasteiger charge is 2.49. The number of aromatic hydroxyl groups is 2. The monoisotopic (exact) mass is 764 g/mol. The molecule has 2 aromatic carbocycles. The number of hydrogen-bond acceptors (Lipinski definition) is 12. The fraction of sp³-hybridized carbons (Fsp3) is 0.548. The lowest BCUT2D eigenvalue weighted by molar-refractivity contribution is -0.160. The number of anilines is 2. The largest absolute Gasteiger partial charge is 0.507 e. The van der Waals surface area contributed by atoms with E-state index in [-0.39, 0.29) is 44.7 Å². The number of amides is 1. The van der Waals surface area contributed by atoms with Crippen LogP contribution in [0.2, 0.25) is 0 Å². The van der Waals surface area contributed by atoms with Crippen molar-refractivity contribution in [3.63, 3.8) is 0 Å². The second kappa shape index (κ2) is 16.6. The normalized spacial score (nSPS) is 33.0. The first-order chi connectivity index (χ1) is 25.9. The standard InChI is InChI=1S/C42H56N2O11/c1-21-14-13-15-22(2)41(51)43-28-20-29(44-17-11-10-12-18-44)31-32(37(28)49)36(48)26(6)39-33(31)40(50)42(8,55-39)53-19-16-30(52-9)23(3)38(54-27(7)45)25(5)35(47)24(4)34(21)46/h13-16,19-21,23-25,30,34-35,38,46-49H,10-12,17-18H2,1-9H3,(H,43,51)/b14-13+,19-16+,22-15+/t21-,23+,24+,25+,30-,34-,35+,38+,42-/m0/s1. The van der Waals surface area contributed by atoms with Gasteiger partial charge in [-0.15, -0.1) is 0 Å². The number of allylic oxidation sites excluding steroid dienone is 2. The summed E-state index contributed by atoms with van der Waals surface area (Å²) in [5.74, 6) is -6.42. The first-order valence-corrected chi connectivity index (χ1v) is 19.0. The van der Waals surface area contributed by atoms with E-state index in [2.05, 4.69) is 10.2 Å². The van der Waals surface area contributed by atoms with Crippen LogP contribution in [0.25, 0.3) is 10.8 Å². The zero-order valence-corrected chi connectivity index (χ0v) is 33.2. The van der Waals surface area contributed by atoms with Crippen LogP contribution in [-0.4, -0.2) is 88.5 Å².